The Labute approximate surface area is 219 Å². The Morgan fingerprint density at radius 2 is 2.03 bits per heavy atom. The summed E-state index contributed by atoms with van der Waals surface area (Å²) in [4.78, 5) is 24.8. The van der Waals surface area contributed by atoms with Gasteiger partial charge in [-0.3, -0.25) is 13.9 Å². The van der Waals surface area contributed by atoms with Crippen molar-refractivity contribution in [3.8, 4) is 5.75 Å². The fourth-order valence-corrected chi connectivity index (χ4v) is 5.71. The number of para-hydroxylation sites is 1. The third-order valence-corrected chi connectivity index (χ3v) is 7.49. The number of nitrogen functional groups attached to an aromatic ring is 1. The van der Waals surface area contributed by atoms with Gasteiger partial charge in [0.2, 0.25) is 5.95 Å². The van der Waals surface area contributed by atoms with E-state index >= 15 is 0 Å². The van der Waals surface area contributed by atoms with Crippen LogP contribution in [0.1, 0.15) is 40.3 Å². The molecule has 3 heterocycles. The van der Waals surface area contributed by atoms with E-state index in [1.807, 2.05) is 6.92 Å². The number of fused-ring (bicyclic) bond motifs is 1. The summed E-state index contributed by atoms with van der Waals surface area (Å²) in [7, 11) is -4.00. The van der Waals surface area contributed by atoms with E-state index in [0.717, 1.165) is 0 Å². The second-order valence-corrected chi connectivity index (χ2v) is 11.1. The van der Waals surface area contributed by atoms with Crippen LogP contribution in [0, 0.1) is 5.92 Å². The average molecular weight is 553 g/mol. The molecular formula is C23H30ClN6O6P. The number of hydrogen-bond donors (Lipinski definition) is 2. The summed E-state index contributed by atoms with van der Waals surface area (Å²) < 4.78 is 38.3. The van der Waals surface area contributed by atoms with E-state index in [4.69, 9.17) is 35.9 Å². The van der Waals surface area contributed by atoms with Crippen LogP contribution < -0.4 is 15.3 Å². The number of anilines is 1. The fraction of sp³-hybridized carbons (Fsp3) is 0.478. The minimum absolute atomic E-state index is 0.0278. The summed E-state index contributed by atoms with van der Waals surface area (Å²) in [5.41, 5.74) is 6.63. The molecular weight excluding hydrogens is 523 g/mol. The lowest BCUT2D eigenvalue weighted by Crippen LogP contribution is -2.36. The number of hydrogen-bond acceptors (Lipinski definition) is 10. The first kappa shape index (κ1) is 27.3. The minimum Gasteiger partial charge on any atom is -0.462 e. The largest absolute Gasteiger partial charge is 0.462 e. The molecule has 37 heavy (non-hydrogen) atoms. The van der Waals surface area contributed by atoms with Gasteiger partial charge in [0, 0.05) is 5.92 Å². The molecule has 4 rings (SSSR count). The molecule has 0 radical (unpaired) electrons. The third-order valence-electron chi connectivity index (χ3n) is 5.58. The average Bonchev–Trinajstić information content (AvgIpc) is 3.41. The van der Waals surface area contributed by atoms with E-state index in [2.05, 4.69) is 20.0 Å². The van der Waals surface area contributed by atoms with Gasteiger partial charge in [0.05, 0.1) is 25.1 Å². The van der Waals surface area contributed by atoms with Crippen molar-refractivity contribution < 1.29 is 27.9 Å². The van der Waals surface area contributed by atoms with Gasteiger partial charge in [-0.1, -0.05) is 36.7 Å². The highest BCUT2D eigenvalue weighted by Gasteiger charge is 2.38. The van der Waals surface area contributed by atoms with Gasteiger partial charge in [0.15, 0.2) is 10.8 Å². The number of esters is 1. The van der Waals surface area contributed by atoms with Crippen molar-refractivity contribution in [3.05, 3.63) is 41.8 Å². The summed E-state index contributed by atoms with van der Waals surface area (Å²) in [6.45, 7) is 6.93. The van der Waals surface area contributed by atoms with Crippen LogP contribution >= 0.6 is 19.3 Å². The number of rotatable bonds is 10. The number of carbonyl (C=O) groups excluding carboxylic acids is 1. The molecule has 0 aliphatic carbocycles. The molecule has 200 valence electrons. The van der Waals surface area contributed by atoms with Crippen LogP contribution in [-0.4, -0.2) is 50.3 Å². The highest BCUT2D eigenvalue weighted by Crippen LogP contribution is 2.46. The summed E-state index contributed by atoms with van der Waals surface area (Å²) in [5, 5.41) is 2.83. The maximum absolute atomic E-state index is 13.7. The SMILES string of the molecule is CC(C)OC(=O)[C@@H](C)NP(=O)(OC[C@@H]1C[C@H](C)[C@H](n2cnc3c(Cl)nc(N)nc32)O1)Oc1ccccc1. The molecule has 14 heteroatoms. The predicted molar refractivity (Wildman–Crippen MR) is 137 cm³/mol. The maximum Gasteiger partial charge on any atom is 0.459 e. The zero-order valence-electron chi connectivity index (χ0n) is 20.9. The molecule has 3 aromatic rings. The second kappa shape index (κ2) is 11.3. The molecule has 1 aromatic carbocycles. The van der Waals surface area contributed by atoms with E-state index in [9.17, 15) is 9.36 Å². The summed E-state index contributed by atoms with van der Waals surface area (Å²) in [6.07, 6.45) is 0.967. The zero-order valence-corrected chi connectivity index (χ0v) is 22.6. The quantitative estimate of drug-likeness (QED) is 0.212. The second-order valence-electron chi connectivity index (χ2n) is 9.09. The molecule has 0 bridgehead atoms. The van der Waals surface area contributed by atoms with Crippen molar-refractivity contribution in [2.24, 2.45) is 5.92 Å². The molecule has 0 saturated carbocycles. The molecule has 0 spiro atoms. The molecule has 1 aliphatic rings. The molecule has 1 aliphatic heterocycles. The molecule has 1 saturated heterocycles. The maximum atomic E-state index is 13.7. The number of imidazole rings is 1. The Balaban J connectivity index is 1.47. The highest BCUT2D eigenvalue weighted by molar-refractivity contribution is 7.52. The van der Waals surface area contributed by atoms with Gasteiger partial charge in [-0.25, -0.2) is 9.55 Å². The van der Waals surface area contributed by atoms with Crippen molar-refractivity contribution in [2.45, 2.75) is 58.6 Å². The number of carbonyl (C=O) groups is 1. The third kappa shape index (κ3) is 6.58. The van der Waals surface area contributed by atoms with Gasteiger partial charge in [-0.2, -0.15) is 15.1 Å². The van der Waals surface area contributed by atoms with E-state index in [-0.39, 0.29) is 29.7 Å². The molecule has 5 atom stereocenters. The van der Waals surface area contributed by atoms with Crippen LogP contribution in [0.25, 0.3) is 11.2 Å². The molecule has 0 amide bonds. The van der Waals surface area contributed by atoms with Crippen LogP contribution in [0.4, 0.5) is 5.95 Å². The Hall–Kier alpha value is -2.76. The van der Waals surface area contributed by atoms with Crippen molar-refractivity contribution in [1.82, 2.24) is 24.6 Å². The van der Waals surface area contributed by atoms with E-state index in [0.29, 0.717) is 23.3 Å². The zero-order chi connectivity index (χ0) is 26.7. The summed E-state index contributed by atoms with van der Waals surface area (Å²) in [5.74, 6) is -0.197. The Morgan fingerprint density at radius 1 is 1.30 bits per heavy atom. The van der Waals surface area contributed by atoms with Crippen LogP contribution in [0.15, 0.2) is 36.7 Å². The van der Waals surface area contributed by atoms with E-state index in [1.54, 1.807) is 55.1 Å². The van der Waals surface area contributed by atoms with Crippen LogP contribution in [0.3, 0.4) is 0 Å². The first-order valence-corrected chi connectivity index (χ1v) is 13.7. The highest BCUT2D eigenvalue weighted by atomic mass is 35.5. The molecule has 1 unspecified atom stereocenters. The lowest BCUT2D eigenvalue weighted by molar-refractivity contribution is -0.149. The number of nitrogens with zero attached hydrogens (tertiary/aromatic N) is 4. The standard InChI is InChI=1S/C23H30ClN6O6P/c1-13(2)34-22(31)15(4)29-37(32,36-16-8-6-5-7-9-16)33-11-17-10-14(3)21(35-17)30-12-26-18-19(24)27-23(25)28-20(18)30/h5-9,12-15,17,21H,10-11H2,1-4H3,(H,29,32)(H2,25,27,28)/t14-,15+,17-,21+,37?/m0/s1. The van der Waals surface area contributed by atoms with Crippen molar-refractivity contribution in [1.29, 1.82) is 0 Å². The Morgan fingerprint density at radius 3 is 2.73 bits per heavy atom. The molecule has 12 nitrogen and oxygen atoms in total. The molecule has 3 N–H and O–H groups in total. The monoisotopic (exact) mass is 552 g/mol. The lowest BCUT2D eigenvalue weighted by atomic mass is 10.1. The van der Waals surface area contributed by atoms with Gasteiger partial charge < -0.3 is 19.7 Å². The van der Waals surface area contributed by atoms with E-state index in [1.165, 1.54) is 6.92 Å². The number of ether oxygens (including phenoxy) is 2. The first-order chi connectivity index (χ1) is 17.5. The lowest BCUT2D eigenvalue weighted by Gasteiger charge is -2.24. The number of benzene rings is 1. The molecule has 1 fully saturated rings. The van der Waals surface area contributed by atoms with Crippen LogP contribution in [0.2, 0.25) is 5.15 Å². The summed E-state index contributed by atoms with van der Waals surface area (Å²) >= 11 is 6.15. The van der Waals surface area contributed by atoms with Crippen molar-refractivity contribution in [3.63, 3.8) is 0 Å². The smallest absolute Gasteiger partial charge is 0.459 e. The van der Waals surface area contributed by atoms with Gasteiger partial charge in [-0.05, 0) is 39.3 Å². The Bertz CT molecular complexity index is 1290. The normalized spacial score (nSPS) is 22.2. The fourth-order valence-electron chi connectivity index (χ4n) is 3.96. The van der Waals surface area contributed by atoms with Gasteiger partial charge >= 0.3 is 13.7 Å². The van der Waals surface area contributed by atoms with Gasteiger partial charge in [0.25, 0.3) is 0 Å². The van der Waals surface area contributed by atoms with E-state index < -0.39 is 32.1 Å². The number of halogens is 1. The number of nitrogens with two attached hydrogens (primary N) is 1. The van der Waals surface area contributed by atoms with Crippen LogP contribution in [-0.2, 0) is 23.4 Å². The number of aromatic nitrogens is 4. The van der Waals surface area contributed by atoms with Gasteiger partial charge in [-0.15, -0.1) is 0 Å². The Kier molecular flexibility index (Phi) is 8.35. The van der Waals surface area contributed by atoms with Crippen molar-refractivity contribution >= 4 is 42.4 Å². The topological polar surface area (TPSA) is 153 Å². The molecule has 2 aromatic heterocycles. The predicted octanol–water partition coefficient (Wildman–Crippen LogP) is 4.12. The summed E-state index contributed by atoms with van der Waals surface area (Å²) in [6, 6.07) is 7.61. The first-order valence-electron chi connectivity index (χ1n) is 11.8. The minimum atomic E-state index is -4.00. The van der Waals surface area contributed by atoms with Crippen LogP contribution in [0.5, 0.6) is 5.75 Å². The number of nitrogens with one attached hydrogen (secondary N) is 1. The van der Waals surface area contributed by atoms with Gasteiger partial charge in [0.1, 0.15) is 23.5 Å². The van der Waals surface area contributed by atoms with Crippen molar-refractivity contribution in [2.75, 3.05) is 12.3 Å².